The average Bonchev–Trinajstić information content (AvgIpc) is 2.29. The Balaban J connectivity index is 3.15. The summed E-state index contributed by atoms with van der Waals surface area (Å²) in [6.45, 7) is 2.40. The summed E-state index contributed by atoms with van der Waals surface area (Å²) in [6, 6.07) is 4.51. The number of nitrogens with two attached hydrogens (primary N) is 1. The number of hydrogen-bond acceptors (Lipinski definition) is 5. The molecule has 0 bridgehead atoms. The molecule has 0 fully saturated rings. The maximum atomic E-state index is 11.9. The van der Waals surface area contributed by atoms with E-state index in [0.29, 0.717) is 24.5 Å². The average molecular weight is 273 g/mol. The topological polar surface area (TPSA) is 95.7 Å². The normalized spacial score (nSPS) is 11.5. The number of sulfonamides is 1. The van der Waals surface area contributed by atoms with E-state index in [1.54, 1.807) is 24.9 Å². The van der Waals surface area contributed by atoms with Crippen LogP contribution in [-0.2, 0) is 10.0 Å². The van der Waals surface area contributed by atoms with E-state index in [1.807, 2.05) is 0 Å². The summed E-state index contributed by atoms with van der Waals surface area (Å²) in [5, 5.41) is 8.89. The molecule has 0 heterocycles. The van der Waals surface area contributed by atoms with E-state index < -0.39 is 10.0 Å². The second-order valence-electron chi connectivity index (χ2n) is 3.87. The number of anilines is 2. The molecule has 18 heavy (non-hydrogen) atoms. The Hall–Kier alpha value is -1.31. The fraction of sp³-hybridized carbons (Fsp3) is 0.455. The highest BCUT2D eigenvalue weighted by Gasteiger charge is 2.15. The second-order valence-corrected chi connectivity index (χ2v) is 5.63. The number of nitrogens with one attached hydrogen (secondary N) is 1. The molecule has 102 valence electrons. The number of aliphatic hydroxyl groups is 1. The van der Waals surface area contributed by atoms with Crippen molar-refractivity contribution in [2.75, 3.05) is 37.4 Å². The monoisotopic (exact) mass is 273 g/mol. The first-order valence-corrected chi connectivity index (χ1v) is 7.12. The first-order chi connectivity index (χ1) is 8.42. The van der Waals surface area contributed by atoms with Gasteiger partial charge >= 0.3 is 0 Å². The molecular weight excluding hydrogens is 254 g/mol. The van der Waals surface area contributed by atoms with Gasteiger partial charge in [0.05, 0.1) is 22.9 Å². The van der Waals surface area contributed by atoms with E-state index in [0.717, 1.165) is 0 Å². The molecular formula is C11H19N3O3S. The lowest BCUT2D eigenvalue weighted by Crippen LogP contribution is -2.25. The summed E-state index contributed by atoms with van der Waals surface area (Å²) in [5.41, 5.74) is 6.86. The lowest BCUT2D eigenvalue weighted by Gasteiger charge is -2.20. The molecule has 1 rings (SSSR count). The predicted octanol–water partition coefficient (Wildman–Crippen LogP) is -0.00450. The smallest absolute Gasteiger partial charge is 0.240 e. The molecule has 0 saturated carbocycles. The third-order valence-electron chi connectivity index (χ3n) is 2.49. The van der Waals surface area contributed by atoms with Gasteiger partial charge in [0.2, 0.25) is 10.0 Å². The highest BCUT2D eigenvalue weighted by Crippen LogP contribution is 2.25. The number of likely N-dealkylation sites (N-methyl/N-ethyl adjacent to an activating group) is 1. The van der Waals surface area contributed by atoms with Crippen molar-refractivity contribution < 1.29 is 13.5 Å². The van der Waals surface area contributed by atoms with E-state index in [4.69, 9.17) is 10.8 Å². The van der Waals surface area contributed by atoms with Crippen molar-refractivity contribution in [3.63, 3.8) is 0 Å². The third-order valence-corrected chi connectivity index (χ3v) is 4.04. The van der Waals surface area contributed by atoms with Gasteiger partial charge < -0.3 is 15.7 Å². The van der Waals surface area contributed by atoms with Crippen molar-refractivity contribution in [1.29, 1.82) is 0 Å². The maximum Gasteiger partial charge on any atom is 0.240 e. The zero-order valence-electron chi connectivity index (χ0n) is 10.5. The second kappa shape index (κ2) is 6.03. The number of hydrogen-bond donors (Lipinski definition) is 3. The highest BCUT2D eigenvalue weighted by molar-refractivity contribution is 7.89. The summed E-state index contributed by atoms with van der Waals surface area (Å²) in [5.74, 6) is 0. The Morgan fingerprint density at radius 1 is 1.44 bits per heavy atom. The molecule has 1 aromatic carbocycles. The lowest BCUT2D eigenvalue weighted by atomic mass is 10.2. The summed E-state index contributed by atoms with van der Waals surface area (Å²) < 4.78 is 26.1. The van der Waals surface area contributed by atoms with Gasteiger partial charge in [-0.25, -0.2) is 13.1 Å². The minimum Gasteiger partial charge on any atom is -0.397 e. The minimum atomic E-state index is -3.49. The van der Waals surface area contributed by atoms with Gasteiger partial charge in [0.1, 0.15) is 0 Å². The van der Waals surface area contributed by atoms with Crippen molar-refractivity contribution >= 4 is 21.4 Å². The zero-order valence-corrected chi connectivity index (χ0v) is 11.4. The number of nitrogens with zero attached hydrogens (tertiary/aromatic N) is 1. The Labute approximate surface area is 107 Å². The molecule has 0 saturated heterocycles. The van der Waals surface area contributed by atoms with Crippen LogP contribution in [0.15, 0.2) is 23.1 Å². The molecule has 0 aliphatic heterocycles. The van der Waals surface area contributed by atoms with Gasteiger partial charge in [-0.05, 0) is 18.2 Å². The molecule has 0 aliphatic carbocycles. The quantitative estimate of drug-likeness (QED) is 0.634. The van der Waals surface area contributed by atoms with Gasteiger partial charge in [0, 0.05) is 20.1 Å². The number of nitrogen functional groups attached to an aromatic ring is 1. The van der Waals surface area contributed by atoms with E-state index in [1.165, 1.54) is 12.1 Å². The third kappa shape index (κ3) is 3.34. The molecule has 4 N–H and O–H groups in total. The number of rotatable bonds is 6. The minimum absolute atomic E-state index is 0.0277. The Bertz CT molecular complexity index is 502. The van der Waals surface area contributed by atoms with Gasteiger partial charge in [-0.1, -0.05) is 6.92 Å². The molecule has 0 unspecified atom stereocenters. The Morgan fingerprint density at radius 3 is 2.67 bits per heavy atom. The van der Waals surface area contributed by atoms with Crippen LogP contribution in [0.5, 0.6) is 0 Å². The predicted molar refractivity (Wildman–Crippen MR) is 72.1 cm³/mol. The molecule has 0 amide bonds. The van der Waals surface area contributed by atoms with Gasteiger partial charge in [-0.2, -0.15) is 0 Å². The van der Waals surface area contributed by atoms with E-state index in [9.17, 15) is 8.42 Å². The first kappa shape index (κ1) is 14.7. The van der Waals surface area contributed by atoms with Crippen LogP contribution in [0.3, 0.4) is 0 Å². The van der Waals surface area contributed by atoms with Crippen LogP contribution >= 0.6 is 0 Å². The van der Waals surface area contributed by atoms with Crippen LogP contribution in [0.1, 0.15) is 6.92 Å². The summed E-state index contributed by atoms with van der Waals surface area (Å²) >= 11 is 0. The van der Waals surface area contributed by atoms with Crippen LogP contribution in [0.4, 0.5) is 11.4 Å². The van der Waals surface area contributed by atoms with Crippen molar-refractivity contribution in [3.05, 3.63) is 18.2 Å². The van der Waals surface area contributed by atoms with E-state index in [-0.39, 0.29) is 11.5 Å². The summed E-state index contributed by atoms with van der Waals surface area (Å²) in [4.78, 5) is 1.87. The van der Waals surface area contributed by atoms with Crippen LogP contribution < -0.4 is 15.4 Å². The molecule has 0 radical (unpaired) electrons. The fourth-order valence-corrected chi connectivity index (χ4v) is 2.63. The molecule has 0 spiro atoms. The van der Waals surface area contributed by atoms with Crippen LogP contribution in [0.25, 0.3) is 0 Å². The SMILES string of the molecule is CCNS(=O)(=O)c1ccc(N)c(N(C)CCO)c1. The van der Waals surface area contributed by atoms with Gasteiger partial charge in [0.15, 0.2) is 0 Å². The number of benzene rings is 1. The molecule has 1 aromatic rings. The van der Waals surface area contributed by atoms with Gasteiger partial charge in [-0.3, -0.25) is 0 Å². The molecule has 0 aliphatic rings. The Morgan fingerprint density at radius 2 is 2.11 bits per heavy atom. The van der Waals surface area contributed by atoms with Crippen LogP contribution in [0.2, 0.25) is 0 Å². The largest absolute Gasteiger partial charge is 0.397 e. The van der Waals surface area contributed by atoms with Crippen LogP contribution in [0, 0.1) is 0 Å². The zero-order chi connectivity index (χ0) is 13.8. The number of aliphatic hydroxyl groups excluding tert-OH is 1. The highest BCUT2D eigenvalue weighted by atomic mass is 32.2. The van der Waals surface area contributed by atoms with E-state index in [2.05, 4.69) is 4.72 Å². The molecule has 6 nitrogen and oxygen atoms in total. The van der Waals surface area contributed by atoms with Crippen LogP contribution in [-0.4, -0.2) is 40.3 Å². The van der Waals surface area contributed by atoms with Crippen molar-refractivity contribution in [2.24, 2.45) is 0 Å². The van der Waals surface area contributed by atoms with E-state index >= 15 is 0 Å². The van der Waals surface area contributed by atoms with Gasteiger partial charge in [0.25, 0.3) is 0 Å². The lowest BCUT2D eigenvalue weighted by molar-refractivity contribution is 0.304. The van der Waals surface area contributed by atoms with Crippen molar-refractivity contribution in [3.8, 4) is 0 Å². The standard InChI is InChI=1S/C11H19N3O3S/c1-3-13-18(16,17)9-4-5-10(12)11(8-9)14(2)6-7-15/h4-5,8,13,15H,3,6-7,12H2,1-2H3. The summed E-state index contributed by atoms with van der Waals surface area (Å²) in [6.07, 6.45) is 0. The fourth-order valence-electron chi connectivity index (χ4n) is 1.57. The van der Waals surface area contributed by atoms with Crippen molar-refractivity contribution in [1.82, 2.24) is 4.72 Å². The molecule has 7 heteroatoms. The van der Waals surface area contributed by atoms with Gasteiger partial charge in [-0.15, -0.1) is 0 Å². The molecule has 0 atom stereocenters. The summed E-state index contributed by atoms with van der Waals surface area (Å²) in [7, 11) is -1.75. The Kier molecular flexibility index (Phi) is 4.94. The maximum absolute atomic E-state index is 11.9. The van der Waals surface area contributed by atoms with Crippen molar-refractivity contribution in [2.45, 2.75) is 11.8 Å². The first-order valence-electron chi connectivity index (χ1n) is 5.63. The molecule has 0 aromatic heterocycles.